The van der Waals surface area contributed by atoms with E-state index in [2.05, 4.69) is 0 Å². The fraction of sp³-hybridized carbons (Fsp3) is 0. The van der Waals surface area contributed by atoms with Crippen LogP contribution in [0.5, 0.6) is 0 Å². The van der Waals surface area contributed by atoms with Gasteiger partial charge in [-0.2, -0.15) is 0 Å². The van der Waals surface area contributed by atoms with E-state index in [1.807, 2.05) is 0 Å². The first kappa shape index (κ1) is 14.4. The number of carboxylic acids is 1. The number of carbonyl (C=O) groups is 1. The fourth-order valence-electron chi connectivity index (χ4n) is 1.53. The van der Waals surface area contributed by atoms with Crippen LogP contribution in [-0.2, 0) is 0 Å². The summed E-state index contributed by atoms with van der Waals surface area (Å²) in [6.07, 6.45) is 0. The lowest BCUT2D eigenvalue weighted by Crippen LogP contribution is -1.96. The predicted molar refractivity (Wildman–Crippen MR) is 75.6 cm³/mol. The third kappa shape index (κ3) is 3.09. The normalized spacial score (nSPS) is 10.2. The first-order valence-corrected chi connectivity index (χ1v) is 6.62. The molecule has 0 aliphatic rings. The number of nitro benzene ring substituents is 1. The molecular weight excluding hydrogens is 302 g/mol. The Morgan fingerprint density at radius 2 is 1.90 bits per heavy atom. The van der Waals surface area contributed by atoms with Crippen molar-refractivity contribution in [2.24, 2.45) is 0 Å². The van der Waals surface area contributed by atoms with Crippen molar-refractivity contribution in [2.75, 3.05) is 0 Å². The Morgan fingerprint density at radius 3 is 2.55 bits per heavy atom. The van der Waals surface area contributed by atoms with E-state index in [-0.39, 0.29) is 11.3 Å². The van der Waals surface area contributed by atoms with Crippen molar-refractivity contribution in [3.05, 3.63) is 63.2 Å². The van der Waals surface area contributed by atoms with Gasteiger partial charge in [-0.3, -0.25) is 10.1 Å². The Hall–Kier alpha value is -2.05. The largest absolute Gasteiger partial charge is 0.478 e. The van der Waals surface area contributed by atoms with E-state index >= 15 is 0 Å². The molecule has 0 fully saturated rings. The number of nitrogens with zero attached hydrogens (tertiary/aromatic N) is 1. The van der Waals surface area contributed by atoms with Crippen LogP contribution >= 0.6 is 23.4 Å². The summed E-state index contributed by atoms with van der Waals surface area (Å²) < 4.78 is 0. The van der Waals surface area contributed by atoms with Crippen molar-refractivity contribution < 1.29 is 14.8 Å². The van der Waals surface area contributed by atoms with E-state index in [0.717, 1.165) is 11.8 Å². The Bertz CT molecular complexity index is 690. The van der Waals surface area contributed by atoms with Crippen LogP contribution in [0, 0.1) is 10.1 Å². The molecule has 0 radical (unpaired) electrons. The van der Waals surface area contributed by atoms with Gasteiger partial charge in [0.05, 0.1) is 20.4 Å². The van der Waals surface area contributed by atoms with Crippen LogP contribution in [0.25, 0.3) is 0 Å². The van der Waals surface area contributed by atoms with Crippen molar-refractivity contribution in [3.8, 4) is 0 Å². The van der Waals surface area contributed by atoms with E-state index in [1.54, 1.807) is 18.2 Å². The van der Waals surface area contributed by atoms with Gasteiger partial charge in [-0.25, -0.2) is 4.79 Å². The molecule has 20 heavy (non-hydrogen) atoms. The maximum absolute atomic E-state index is 10.9. The minimum atomic E-state index is -1.08. The maximum Gasteiger partial charge on any atom is 0.335 e. The number of hydrogen-bond acceptors (Lipinski definition) is 4. The summed E-state index contributed by atoms with van der Waals surface area (Å²) in [6, 6.07) is 10.5. The van der Waals surface area contributed by atoms with Gasteiger partial charge < -0.3 is 5.11 Å². The molecule has 0 saturated carbocycles. The minimum Gasteiger partial charge on any atom is -0.478 e. The number of rotatable bonds is 4. The van der Waals surface area contributed by atoms with Gasteiger partial charge in [-0.05, 0) is 24.3 Å². The molecule has 1 N–H and O–H groups in total. The predicted octanol–water partition coefficient (Wildman–Crippen LogP) is 4.10. The zero-order chi connectivity index (χ0) is 14.7. The molecule has 0 bridgehead atoms. The van der Waals surface area contributed by atoms with Gasteiger partial charge in [-0.15, -0.1) is 0 Å². The van der Waals surface area contributed by atoms with Crippen LogP contribution in [0.4, 0.5) is 5.69 Å². The molecule has 2 aromatic rings. The Balaban J connectivity index is 2.42. The molecular formula is C13H8ClNO4S. The lowest BCUT2D eigenvalue weighted by atomic mass is 10.2. The summed E-state index contributed by atoms with van der Waals surface area (Å²) in [5, 5.41) is 20.2. The highest BCUT2D eigenvalue weighted by Crippen LogP contribution is 2.38. The first-order chi connectivity index (χ1) is 9.49. The lowest BCUT2D eigenvalue weighted by Gasteiger charge is -2.06. The van der Waals surface area contributed by atoms with Crippen molar-refractivity contribution in [3.63, 3.8) is 0 Å². The van der Waals surface area contributed by atoms with Crippen molar-refractivity contribution in [1.29, 1.82) is 0 Å². The zero-order valence-corrected chi connectivity index (χ0v) is 11.5. The van der Waals surface area contributed by atoms with E-state index in [4.69, 9.17) is 16.7 Å². The van der Waals surface area contributed by atoms with E-state index in [9.17, 15) is 14.9 Å². The van der Waals surface area contributed by atoms with Crippen LogP contribution in [0.3, 0.4) is 0 Å². The Kier molecular flexibility index (Phi) is 4.26. The second-order valence-corrected chi connectivity index (χ2v) is 5.27. The summed E-state index contributed by atoms with van der Waals surface area (Å²) in [5.74, 6) is -1.08. The van der Waals surface area contributed by atoms with Gasteiger partial charge in [0.2, 0.25) is 0 Å². The van der Waals surface area contributed by atoms with Gasteiger partial charge in [0.1, 0.15) is 0 Å². The molecule has 102 valence electrons. The first-order valence-electron chi connectivity index (χ1n) is 5.43. The topological polar surface area (TPSA) is 80.4 Å². The smallest absolute Gasteiger partial charge is 0.335 e. The number of halogens is 1. The van der Waals surface area contributed by atoms with E-state index < -0.39 is 10.9 Å². The van der Waals surface area contributed by atoms with E-state index in [1.165, 1.54) is 24.3 Å². The molecule has 0 saturated heterocycles. The molecule has 5 nitrogen and oxygen atoms in total. The highest BCUT2D eigenvalue weighted by atomic mass is 35.5. The maximum atomic E-state index is 10.9. The summed E-state index contributed by atoms with van der Waals surface area (Å²) in [6.45, 7) is 0. The number of benzene rings is 2. The summed E-state index contributed by atoms with van der Waals surface area (Å²) in [5.41, 5.74) is 0.0322. The number of carboxylic acid groups (broad SMARTS) is 1. The Labute approximate surface area is 123 Å². The van der Waals surface area contributed by atoms with Crippen LogP contribution < -0.4 is 0 Å². The molecule has 7 heteroatoms. The third-order valence-corrected chi connectivity index (χ3v) is 4.02. The quantitative estimate of drug-likeness (QED) is 0.679. The highest BCUT2D eigenvalue weighted by Gasteiger charge is 2.16. The number of para-hydroxylation sites is 1. The molecule has 2 aromatic carbocycles. The van der Waals surface area contributed by atoms with Crippen LogP contribution in [0.1, 0.15) is 10.4 Å². The summed E-state index contributed by atoms with van der Waals surface area (Å²) >= 11 is 7.06. The Morgan fingerprint density at radius 1 is 1.20 bits per heavy atom. The number of aromatic carboxylic acids is 1. The average Bonchev–Trinajstić information content (AvgIpc) is 2.41. The molecule has 0 spiro atoms. The molecule has 2 rings (SSSR count). The zero-order valence-electron chi connectivity index (χ0n) is 9.95. The minimum absolute atomic E-state index is 0.0469. The third-order valence-electron chi connectivity index (χ3n) is 2.46. The van der Waals surface area contributed by atoms with Crippen molar-refractivity contribution >= 4 is 35.0 Å². The monoisotopic (exact) mass is 309 g/mol. The van der Waals surface area contributed by atoms with Gasteiger partial charge in [0.25, 0.3) is 5.69 Å². The van der Waals surface area contributed by atoms with Gasteiger partial charge in [0, 0.05) is 11.0 Å². The van der Waals surface area contributed by atoms with Crippen LogP contribution in [0.2, 0.25) is 5.02 Å². The lowest BCUT2D eigenvalue weighted by molar-refractivity contribution is -0.387. The highest BCUT2D eigenvalue weighted by molar-refractivity contribution is 7.99. The van der Waals surface area contributed by atoms with Gasteiger partial charge in [-0.1, -0.05) is 35.5 Å². The van der Waals surface area contributed by atoms with Crippen LogP contribution in [0.15, 0.2) is 52.3 Å². The SMILES string of the molecule is O=C(O)c1ccc(Cl)c(Sc2ccccc2[N+](=O)[O-])c1. The fourth-order valence-corrected chi connectivity index (χ4v) is 2.74. The molecule has 0 unspecified atom stereocenters. The summed E-state index contributed by atoms with van der Waals surface area (Å²) in [7, 11) is 0. The van der Waals surface area contributed by atoms with Gasteiger partial charge in [0.15, 0.2) is 0 Å². The number of hydrogen-bond donors (Lipinski definition) is 1. The van der Waals surface area contributed by atoms with Gasteiger partial charge >= 0.3 is 5.97 Å². The van der Waals surface area contributed by atoms with Crippen LogP contribution in [-0.4, -0.2) is 16.0 Å². The molecule has 0 amide bonds. The second-order valence-electron chi connectivity index (χ2n) is 3.78. The molecule has 0 aromatic heterocycles. The van der Waals surface area contributed by atoms with E-state index in [0.29, 0.717) is 14.8 Å². The van der Waals surface area contributed by atoms with Crippen molar-refractivity contribution in [1.82, 2.24) is 0 Å². The molecule has 0 aliphatic heterocycles. The van der Waals surface area contributed by atoms with Crippen molar-refractivity contribution in [2.45, 2.75) is 9.79 Å². The average molecular weight is 310 g/mol. The summed E-state index contributed by atoms with van der Waals surface area (Å²) in [4.78, 5) is 22.2. The second kappa shape index (κ2) is 5.94. The molecule has 0 aliphatic carbocycles. The molecule has 0 atom stereocenters. The molecule has 0 heterocycles. The standard InChI is InChI=1S/C13H8ClNO4S/c14-9-6-5-8(13(16)17)7-12(9)20-11-4-2-1-3-10(11)15(18)19/h1-7H,(H,16,17). The number of nitro groups is 1.